The normalized spacial score (nSPS) is 10.5. The van der Waals surface area contributed by atoms with Crippen LogP contribution in [0.2, 0.25) is 0 Å². The van der Waals surface area contributed by atoms with Crippen LogP contribution in [0.15, 0.2) is 52.9 Å². The Hall–Kier alpha value is -3.41. The summed E-state index contributed by atoms with van der Waals surface area (Å²) in [7, 11) is 0. The molecule has 3 aromatic rings. The molecule has 1 aromatic heterocycles. The van der Waals surface area contributed by atoms with E-state index in [0.717, 1.165) is 11.1 Å². The number of amides is 2. The van der Waals surface area contributed by atoms with Crippen molar-refractivity contribution >= 4 is 23.2 Å². The first-order valence-corrected chi connectivity index (χ1v) is 8.62. The summed E-state index contributed by atoms with van der Waals surface area (Å²) in [5, 5.41) is 5.51. The number of rotatable bonds is 5. The molecular weight excluding hydrogens is 342 g/mol. The third-order valence-electron chi connectivity index (χ3n) is 4.09. The van der Waals surface area contributed by atoms with Crippen LogP contribution < -0.4 is 10.6 Å². The van der Waals surface area contributed by atoms with Gasteiger partial charge in [0, 0.05) is 23.9 Å². The van der Waals surface area contributed by atoms with E-state index < -0.39 is 0 Å². The van der Waals surface area contributed by atoms with Gasteiger partial charge in [-0.25, -0.2) is 4.98 Å². The molecule has 0 bridgehead atoms. The number of oxazole rings is 1. The maximum absolute atomic E-state index is 12.3. The van der Waals surface area contributed by atoms with E-state index in [2.05, 4.69) is 15.6 Å². The topological polar surface area (TPSA) is 84.2 Å². The van der Waals surface area contributed by atoms with Crippen LogP contribution in [0.5, 0.6) is 0 Å². The lowest BCUT2D eigenvalue weighted by molar-refractivity contribution is -0.116. The quantitative estimate of drug-likeness (QED) is 0.715. The third-order valence-corrected chi connectivity index (χ3v) is 4.09. The van der Waals surface area contributed by atoms with Crippen molar-refractivity contribution in [3.63, 3.8) is 0 Å². The smallest absolute Gasteiger partial charge is 0.230 e. The molecule has 0 unspecified atom stereocenters. The Balaban J connectivity index is 1.68. The van der Waals surface area contributed by atoms with Gasteiger partial charge < -0.3 is 15.1 Å². The highest BCUT2D eigenvalue weighted by Gasteiger charge is 2.16. The largest absolute Gasteiger partial charge is 0.441 e. The summed E-state index contributed by atoms with van der Waals surface area (Å²) < 4.78 is 5.75. The predicted octanol–water partition coefficient (Wildman–Crippen LogP) is 4.10. The minimum atomic E-state index is -0.185. The van der Waals surface area contributed by atoms with Crippen LogP contribution in [0.4, 0.5) is 11.4 Å². The first kappa shape index (κ1) is 18.4. The summed E-state index contributed by atoms with van der Waals surface area (Å²) in [6.45, 7) is 5.24. The van der Waals surface area contributed by atoms with Gasteiger partial charge in [0.15, 0.2) is 0 Å². The van der Waals surface area contributed by atoms with Gasteiger partial charge in [0.2, 0.25) is 17.7 Å². The number of hydrogen-bond donors (Lipinski definition) is 2. The summed E-state index contributed by atoms with van der Waals surface area (Å²) in [6.07, 6.45) is 0.120. The van der Waals surface area contributed by atoms with Crippen LogP contribution >= 0.6 is 0 Å². The fraction of sp³-hybridized carbons (Fsp3) is 0.190. The molecule has 0 saturated carbocycles. The Morgan fingerprint density at radius 2 is 1.59 bits per heavy atom. The average molecular weight is 363 g/mol. The van der Waals surface area contributed by atoms with E-state index in [4.69, 9.17) is 4.42 Å². The average Bonchev–Trinajstić information content (AvgIpc) is 2.97. The van der Waals surface area contributed by atoms with Crippen molar-refractivity contribution in [3.05, 3.63) is 65.5 Å². The Kier molecular flexibility index (Phi) is 5.35. The lowest BCUT2D eigenvalue weighted by atomic mass is 10.1. The zero-order valence-corrected chi connectivity index (χ0v) is 15.5. The number of aromatic nitrogens is 1. The molecule has 0 fully saturated rings. The third kappa shape index (κ3) is 4.61. The van der Waals surface area contributed by atoms with E-state index in [1.165, 1.54) is 6.92 Å². The number of carbonyl (C=O) groups excluding carboxylic acids is 2. The summed E-state index contributed by atoms with van der Waals surface area (Å²) >= 11 is 0. The standard InChI is InChI=1S/C21H21N3O3/c1-13-6-4-5-7-18(13)21-24-19(14(2)27-21)12-20(26)23-17-10-8-16(9-11-17)22-15(3)25/h4-11H,12H2,1-3H3,(H,22,25)(H,23,26). The first-order chi connectivity index (χ1) is 12.9. The summed E-state index contributed by atoms with van der Waals surface area (Å²) in [5.74, 6) is 0.824. The zero-order valence-electron chi connectivity index (χ0n) is 15.5. The fourth-order valence-electron chi connectivity index (χ4n) is 2.72. The van der Waals surface area contributed by atoms with Gasteiger partial charge in [-0.1, -0.05) is 18.2 Å². The van der Waals surface area contributed by atoms with E-state index in [-0.39, 0.29) is 18.2 Å². The Bertz CT molecular complexity index is 975. The minimum absolute atomic E-state index is 0.120. The molecule has 6 nitrogen and oxygen atoms in total. The molecule has 138 valence electrons. The van der Waals surface area contributed by atoms with Crippen molar-refractivity contribution in [2.24, 2.45) is 0 Å². The van der Waals surface area contributed by atoms with Crippen LogP contribution in [0.1, 0.15) is 23.9 Å². The van der Waals surface area contributed by atoms with Crippen molar-refractivity contribution in [2.45, 2.75) is 27.2 Å². The highest BCUT2D eigenvalue weighted by Crippen LogP contribution is 2.25. The highest BCUT2D eigenvalue weighted by molar-refractivity contribution is 5.93. The molecule has 6 heteroatoms. The van der Waals surface area contributed by atoms with Crippen molar-refractivity contribution in [1.29, 1.82) is 0 Å². The summed E-state index contributed by atoms with van der Waals surface area (Å²) in [5.41, 5.74) is 3.92. The second-order valence-electron chi connectivity index (χ2n) is 6.32. The van der Waals surface area contributed by atoms with E-state index in [0.29, 0.717) is 28.7 Å². The summed E-state index contributed by atoms with van der Waals surface area (Å²) in [4.78, 5) is 27.9. The van der Waals surface area contributed by atoms with Gasteiger partial charge in [0.1, 0.15) is 5.76 Å². The van der Waals surface area contributed by atoms with Crippen molar-refractivity contribution in [1.82, 2.24) is 4.98 Å². The second-order valence-corrected chi connectivity index (χ2v) is 6.32. The van der Waals surface area contributed by atoms with E-state index in [1.807, 2.05) is 31.2 Å². The van der Waals surface area contributed by atoms with Crippen LogP contribution in [-0.4, -0.2) is 16.8 Å². The number of benzene rings is 2. The molecule has 0 radical (unpaired) electrons. The van der Waals surface area contributed by atoms with Gasteiger partial charge in [0.05, 0.1) is 12.1 Å². The molecule has 1 heterocycles. The number of anilines is 2. The molecular formula is C21H21N3O3. The van der Waals surface area contributed by atoms with Gasteiger partial charge in [-0.2, -0.15) is 0 Å². The lowest BCUT2D eigenvalue weighted by Gasteiger charge is -2.06. The Morgan fingerprint density at radius 1 is 0.963 bits per heavy atom. The number of nitrogens with zero attached hydrogens (tertiary/aromatic N) is 1. The Labute approximate surface area is 157 Å². The fourth-order valence-corrected chi connectivity index (χ4v) is 2.72. The molecule has 0 aliphatic carbocycles. The van der Waals surface area contributed by atoms with Crippen LogP contribution in [0, 0.1) is 13.8 Å². The molecule has 0 spiro atoms. The molecule has 27 heavy (non-hydrogen) atoms. The SMILES string of the molecule is CC(=O)Nc1ccc(NC(=O)Cc2nc(-c3ccccc3C)oc2C)cc1. The van der Waals surface area contributed by atoms with Gasteiger partial charge in [-0.3, -0.25) is 9.59 Å². The number of aryl methyl sites for hydroxylation is 2. The molecule has 2 aromatic carbocycles. The molecule has 2 N–H and O–H groups in total. The second kappa shape index (κ2) is 7.86. The van der Waals surface area contributed by atoms with Crippen molar-refractivity contribution in [2.75, 3.05) is 10.6 Å². The monoisotopic (exact) mass is 363 g/mol. The zero-order chi connectivity index (χ0) is 19.4. The molecule has 0 aliphatic heterocycles. The number of nitrogens with one attached hydrogen (secondary N) is 2. The van der Waals surface area contributed by atoms with Crippen LogP contribution in [-0.2, 0) is 16.0 Å². The predicted molar refractivity (Wildman–Crippen MR) is 104 cm³/mol. The minimum Gasteiger partial charge on any atom is -0.441 e. The number of carbonyl (C=O) groups is 2. The highest BCUT2D eigenvalue weighted by atomic mass is 16.4. The van der Waals surface area contributed by atoms with Crippen molar-refractivity contribution < 1.29 is 14.0 Å². The van der Waals surface area contributed by atoms with Gasteiger partial charge in [-0.05, 0) is 49.7 Å². The van der Waals surface area contributed by atoms with E-state index in [1.54, 1.807) is 31.2 Å². The van der Waals surface area contributed by atoms with Gasteiger partial charge >= 0.3 is 0 Å². The molecule has 0 atom stereocenters. The number of hydrogen-bond acceptors (Lipinski definition) is 4. The van der Waals surface area contributed by atoms with Gasteiger partial charge in [0.25, 0.3) is 0 Å². The molecule has 0 aliphatic rings. The molecule has 0 saturated heterocycles. The van der Waals surface area contributed by atoms with Crippen LogP contribution in [0.25, 0.3) is 11.5 Å². The molecule has 3 rings (SSSR count). The Morgan fingerprint density at radius 3 is 2.22 bits per heavy atom. The first-order valence-electron chi connectivity index (χ1n) is 8.62. The van der Waals surface area contributed by atoms with Gasteiger partial charge in [-0.15, -0.1) is 0 Å². The van der Waals surface area contributed by atoms with Crippen LogP contribution in [0.3, 0.4) is 0 Å². The molecule has 2 amide bonds. The van der Waals surface area contributed by atoms with E-state index >= 15 is 0 Å². The summed E-state index contributed by atoms with van der Waals surface area (Å²) in [6, 6.07) is 14.8. The lowest BCUT2D eigenvalue weighted by Crippen LogP contribution is -2.15. The van der Waals surface area contributed by atoms with E-state index in [9.17, 15) is 9.59 Å². The van der Waals surface area contributed by atoms with Crippen molar-refractivity contribution in [3.8, 4) is 11.5 Å². The maximum atomic E-state index is 12.3. The maximum Gasteiger partial charge on any atom is 0.230 e.